The maximum absolute atomic E-state index is 5.74. The minimum Gasteiger partial charge on any atom is -0.368 e. The van der Waals surface area contributed by atoms with Crippen LogP contribution < -0.4 is 11.1 Å². The number of benzene rings is 1. The molecule has 1 aliphatic heterocycles. The highest BCUT2D eigenvalue weighted by Gasteiger charge is 2.24. The molecule has 0 aliphatic carbocycles. The van der Waals surface area contributed by atoms with E-state index in [4.69, 9.17) is 5.73 Å². The van der Waals surface area contributed by atoms with Crippen molar-refractivity contribution in [3.05, 3.63) is 41.2 Å². The highest BCUT2D eigenvalue weighted by Crippen LogP contribution is 2.28. The zero-order valence-corrected chi connectivity index (χ0v) is 9.72. The van der Waals surface area contributed by atoms with Crippen molar-refractivity contribution in [1.29, 1.82) is 0 Å². The van der Waals surface area contributed by atoms with Gasteiger partial charge in [-0.3, -0.25) is 0 Å². The van der Waals surface area contributed by atoms with Crippen LogP contribution in [0.25, 0.3) is 0 Å². The molecule has 0 bridgehead atoms. The SMILES string of the molecule is Cn1nc(C2CNCc3ccccc32)nc1N. The number of nitrogens with two attached hydrogens (primary N) is 1. The number of hydrogen-bond donors (Lipinski definition) is 2. The fraction of sp³-hybridized carbons (Fsp3) is 0.333. The number of nitrogens with one attached hydrogen (secondary N) is 1. The lowest BCUT2D eigenvalue weighted by Crippen LogP contribution is -2.29. The summed E-state index contributed by atoms with van der Waals surface area (Å²) in [6.45, 7) is 1.77. The molecule has 2 aromatic rings. The summed E-state index contributed by atoms with van der Waals surface area (Å²) in [5.74, 6) is 1.45. The summed E-state index contributed by atoms with van der Waals surface area (Å²) in [5, 5.41) is 7.76. The Morgan fingerprint density at radius 2 is 2.24 bits per heavy atom. The quantitative estimate of drug-likeness (QED) is 0.752. The Morgan fingerprint density at radius 3 is 3.00 bits per heavy atom. The van der Waals surface area contributed by atoms with Gasteiger partial charge < -0.3 is 11.1 Å². The number of nitrogen functional groups attached to an aromatic ring is 1. The molecule has 0 amide bonds. The van der Waals surface area contributed by atoms with Gasteiger partial charge in [-0.15, -0.1) is 0 Å². The Bertz CT molecular complexity index is 526. The van der Waals surface area contributed by atoms with E-state index in [-0.39, 0.29) is 5.92 Å². The average molecular weight is 229 g/mol. The summed E-state index contributed by atoms with van der Waals surface area (Å²) in [6.07, 6.45) is 0. The lowest BCUT2D eigenvalue weighted by Gasteiger charge is -2.24. The zero-order chi connectivity index (χ0) is 11.8. The van der Waals surface area contributed by atoms with Crippen molar-refractivity contribution in [1.82, 2.24) is 20.1 Å². The highest BCUT2D eigenvalue weighted by atomic mass is 15.4. The Hall–Kier alpha value is -1.88. The maximum atomic E-state index is 5.74. The van der Waals surface area contributed by atoms with Crippen LogP contribution in [0.2, 0.25) is 0 Å². The largest absolute Gasteiger partial charge is 0.368 e. The molecule has 5 nitrogen and oxygen atoms in total. The minimum absolute atomic E-state index is 0.198. The van der Waals surface area contributed by atoms with Crippen molar-refractivity contribution in [2.24, 2.45) is 7.05 Å². The summed E-state index contributed by atoms with van der Waals surface area (Å²) in [4.78, 5) is 4.32. The van der Waals surface area contributed by atoms with Crippen molar-refractivity contribution in [3.63, 3.8) is 0 Å². The second-order valence-corrected chi connectivity index (χ2v) is 4.33. The first-order valence-electron chi connectivity index (χ1n) is 5.70. The molecule has 1 aromatic heterocycles. The standard InChI is InChI=1S/C12H15N5/c1-17-12(13)15-11(16-17)10-7-14-6-8-4-2-3-5-9(8)10/h2-5,10,14H,6-7H2,1H3,(H2,13,15,16). The molecule has 3 N–H and O–H groups in total. The average Bonchev–Trinajstić information content (AvgIpc) is 2.69. The van der Waals surface area contributed by atoms with Crippen LogP contribution in [0.1, 0.15) is 22.9 Å². The summed E-state index contributed by atoms with van der Waals surface area (Å²) in [5.41, 5.74) is 8.35. The summed E-state index contributed by atoms with van der Waals surface area (Å²) in [7, 11) is 1.81. The first-order chi connectivity index (χ1) is 8.25. The molecule has 0 saturated heterocycles. The van der Waals surface area contributed by atoms with Gasteiger partial charge in [0, 0.05) is 20.1 Å². The van der Waals surface area contributed by atoms with Crippen LogP contribution in [0, 0.1) is 0 Å². The molecule has 1 atom stereocenters. The lowest BCUT2D eigenvalue weighted by molar-refractivity contribution is 0.568. The minimum atomic E-state index is 0.198. The van der Waals surface area contributed by atoms with E-state index in [1.54, 1.807) is 4.68 Å². The summed E-state index contributed by atoms with van der Waals surface area (Å²) < 4.78 is 1.62. The van der Waals surface area contributed by atoms with Gasteiger partial charge in [-0.25, -0.2) is 4.68 Å². The van der Waals surface area contributed by atoms with Crippen LogP contribution in [-0.4, -0.2) is 21.3 Å². The zero-order valence-electron chi connectivity index (χ0n) is 9.72. The molecule has 5 heteroatoms. The molecule has 1 unspecified atom stereocenters. The summed E-state index contributed by atoms with van der Waals surface area (Å²) >= 11 is 0. The first kappa shape index (κ1) is 10.3. The molecule has 88 valence electrons. The Morgan fingerprint density at radius 1 is 1.41 bits per heavy atom. The van der Waals surface area contributed by atoms with Gasteiger partial charge in [-0.2, -0.15) is 10.1 Å². The van der Waals surface area contributed by atoms with Gasteiger partial charge in [-0.1, -0.05) is 24.3 Å². The Labute approximate surface area is 99.7 Å². The van der Waals surface area contributed by atoms with Crippen molar-refractivity contribution in [2.75, 3.05) is 12.3 Å². The van der Waals surface area contributed by atoms with Crippen LogP contribution in [0.4, 0.5) is 5.95 Å². The Kier molecular flexibility index (Phi) is 2.33. The maximum Gasteiger partial charge on any atom is 0.218 e. The molecule has 2 heterocycles. The smallest absolute Gasteiger partial charge is 0.218 e. The molecule has 0 saturated carbocycles. The van der Waals surface area contributed by atoms with E-state index in [2.05, 4.69) is 39.7 Å². The highest BCUT2D eigenvalue weighted by molar-refractivity contribution is 5.37. The normalized spacial score (nSPS) is 19.0. The molecule has 3 rings (SSSR count). The predicted molar refractivity (Wildman–Crippen MR) is 65.4 cm³/mol. The van der Waals surface area contributed by atoms with Crippen molar-refractivity contribution >= 4 is 5.95 Å². The fourth-order valence-corrected chi connectivity index (χ4v) is 2.29. The van der Waals surface area contributed by atoms with Crippen molar-refractivity contribution in [3.8, 4) is 0 Å². The fourth-order valence-electron chi connectivity index (χ4n) is 2.29. The third kappa shape index (κ3) is 1.68. The van der Waals surface area contributed by atoms with Crippen molar-refractivity contribution < 1.29 is 0 Å². The summed E-state index contributed by atoms with van der Waals surface area (Å²) in [6, 6.07) is 8.40. The number of aromatic nitrogens is 3. The number of hydrogen-bond acceptors (Lipinski definition) is 4. The molecule has 0 radical (unpaired) electrons. The van der Waals surface area contributed by atoms with Crippen LogP contribution in [0.5, 0.6) is 0 Å². The third-order valence-electron chi connectivity index (χ3n) is 3.22. The van der Waals surface area contributed by atoms with Gasteiger partial charge in [0.15, 0.2) is 5.82 Å². The predicted octanol–water partition coefficient (Wildman–Crippen LogP) is 0.632. The third-order valence-corrected chi connectivity index (χ3v) is 3.22. The molecule has 17 heavy (non-hydrogen) atoms. The van der Waals surface area contributed by atoms with E-state index >= 15 is 0 Å². The van der Waals surface area contributed by atoms with E-state index < -0.39 is 0 Å². The molecule has 0 fully saturated rings. The van der Waals surface area contributed by atoms with Crippen LogP contribution in [0.3, 0.4) is 0 Å². The molecule has 1 aromatic carbocycles. The number of aryl methyl sites for hydroxylation is 1. The molecule has 1 aliphatic rings. The van der Waals surface area contributed by atoms with Gasteiger partial charge in [0.1, 0.15) is 0 Å². The van der Waals surface area contributed by atoms with Gasteiger partial charge in [0.05, 0.1) is 5.92 Å². The van der Waals surface area contributed by atoms with Gasteiger partial charge >= 0.3 is 0 Å². The number of rotatable bonds is 1. The van der Waals surface area contributed by atoms with E-state index in [1.165, 1.54) is 11.1 Å². The van der Waals surface area contributed by atoms with Gasteiger partial charge in [-0.05, 0) is 11.1 Å². The second-order valence-electron chi connectivity index (χ2n) is 4.33. The van der Waals surface area contributed by atoms with Gasteiger partial charge in [0.2, 0.25) is 5.95 Å². The van der Waals surface area contributed by atoms with Crippen molar-refractivity contribution in [2.45, 2.75) is 12.5 Å². The van der Waals surface area contributed by atoms with E-state index in [9.17, 15) is 0 Å². The second kappa shape index (κ2) is 3.85. The number of anilines is 1. The first-order valence-corrected chi connectivity index (χ1v) is 5.70. The number of fused-ring (bicyclic) bond motifs is 1. The van der Waals surface area contributed by atoms with E-state index in [0.717, 1.165) is 18.9 Å². The molecular weight excluding hydrogens is 214 g/mol. The van der Waals surface area contributed by atoms with Crippen LogP contribution in [0.15, 0.2) is 24.3 Å². The Balaban J connectivity index is 2.05. The monoisotopic (exact) mass is 229 g/mol. The van der Waals surface area contributed by atoms with Crippen LogP contribution in [-0.2, 0) is 13.6 Å². The van der Waals surface area contributed by atoms with Gasteiger partial charge in [0.25, 0.3) is 0 Å². The van der Waals surface area contributed by atoms with Crippen LogP contribution >= 0.6 is 0 Å². The molecule has 0 spiro atoms. The lowest BCUT2D eigenvalue weighted by atomic mass is 9.90. The van der Waals surface area contributed by atoms with E-state index in [1.807, 2.05) is 7.05 Å². The van der Waals surface area contributed by atoms with E-state index in [0.29, 0.717) is 5.95 Å². The topological polar surface area (TPSA) is 68.8 Å². The number of nitrogens with zero attached hydrogens (tertiary/aromatic N) is 3. The molecular formula is C12H15N5.